The van der Waals surface area contributed by atoms with E-state index in [-0.39, 0.29) is 12.2 Å². The summed E-state index contributed by atoms with van der Waals surface area (Å²) >= 11 is 1.27. The highest BCUT2D eigenvalue weighted by molar-refractivity contribution is 7.07. The third-order valence-corrected chi connectivity index (χ3v) is 7.81. The molecule has 0 amide bonds. The molecule has 1 aromatic heterocycles. The van der Waals surface area contributed by atoms with Crippen LogP contribution in [0.1, 0.15) is 50.4 Å². The van der Waals surface area contributed by atoms with E-state index < -0.39 is 12.0 Å². The monoisotopic (exact) mass is 598 g/mol. The van der Waals surface area contributed by atoms with E-state index in [4.69, 9.17) is 18.9 Å². The maximum atomic E-state index is 14.0. The number of allylic oxidation sites excluding steroid dienone is 1. The zero-order chi connectivity index (χ0) is 30.3. The van der Waals surface area contributed by atoms with E-state index in [0.717, 1.165) is 16.7 Å². The van der Waals surface area contributed by atoms with Crippen molar-refractivity contribution in [1.82, 2.24) is 4.57 Å². The van der Waals surface area contributed by atoms with Gasteiger partial charge in [-0.25, -0.2) is 9.79 Å². The number of rotatable bonds is 11. The number of carbonyl (C=O) groups is 1. The first kappa shape index (κ1) is 29.8. The van der Waals surface area contributed by atoms with Crippen LogP contribution >= 0.6 is 11.3 Å². The maximum absolute atomic E-state index is 14.0. The summed E-state index contributed by atoms with van der Waals surface area (Å²) in [5.74, 6) is 1.42. The molecule has 0 saturated heterocycles. The van der Waals surface area contributed by atoms with Gasteiger partial charge in [0.25, 0.3) is 5.56 Å². The fraction of sp³-hybridized carbons (Fsp3) is 0.265. The summed E-state index contributed by atoms with van der Waals surface area (Å²) in [7, 11) is 0. The molecule has 0 aliphatic carbocycles. The van der Waals surface area contributed by atoms with Crippen molar-refractivity contribution < 1.29 is 23.7 Å². The molecule has 0 radical (unpaired) electrons. The first-order valence-electron chi connectivity index (χ1n) is 14.3. The summed E-state index contributed by atoms with van der Waals surface area (Å²) in [6.07, 6.45) is 1.81. The van der Waals surface area contributed by atoms with Crippen LogP contribution in [0.5, 0.6) is 17.2 Å². The Hall–Kier alpha value is -4.63. The van der Waals surface area contributed by atoms with Crippen LogP contribution in [0.4, 0.5) is 0 Å². The molecule has 1 aliphatic rings. The molecule has 1 aliphatic heterocycles. The van der Waals surface area contributed by atoms with Crippen LogP contribution in [0.15, 0.2) is 93.9 Å². The van der Waals surface area contributed by atoms with Crippen LogP contribution in [-0.4, -0.2) is 30.4 Å². The Labute approximate surface area is 254 Å². The SMILES string of the molecule is CCOC(=O)C1=C(C)N=c2s/c(=C\c3ccc(OCc4ccccc4)c(OCC)c3)c(=O)n2C1c1ccc(OCC)cc1. The predicted octanol–water partition coefficient (Wildman–Crippen LogP) is 5.17. The number of ether oxygens (including phenoxy) is 4. The van der Waals surface area contributed by atoms with Crippen molar-refractivity contribution in [3.63, 3.8) is 0 Å². The summed E-state index contributed by atoms with van der Waals surface area (Å²) in [6.45, 7) is 8.97. The van der Waals surface area contributed by atoms with Crippen molar-refractivity contribution in [2.24, 2.45) is 4.99 Å². The largest absolute Gasteiger partial charge is 0.494 e. The van der Waals surface area contributed by atoms with Gasteiger partial charge in [-0.05, 0) is 74.7 Å². The van der Waals surface area contributed by atoms with E-state index >= 15 is 0 Å². The summed E-state index contributed by atoms with van der Waals surface area (Å²) in [5.41, 5.74) is 3.19. The van der Waals surface area contributed by atoms with Crippen LogP contribution in [0, 0.1) is 0 Å². The van der Waals surface area contributed by atoms with Crippen LogP contribution < -0.4 is 29.1 Å². The summed E-state index contributed by atoms with van der Waals surface area (Å²) in [6, 6.07) is 22.2. The van der Waals surface area contributed by atoms with E-state index in [0.29, 0.717) is 57.7 Å². The average Bonchev–Trinajstić information content (AvgIpc) is 3.31. The second kappa shape index (κ2) is 13.6. The fourth-order valence-electron chi connectivity index (χ4n) is 4.91. The molecule has 2 heterocycles. The quantitative estimate of drug-likeness (QED) is 0.221. The lowest BCUT2D eigenvalue weighted by molar-refractivity contribution is -0.139. The van der Waals surface area contributed by atoms with Crippen LogP contribution in [-0.2, 0) is 16.1 Å². The second-order valence-corrected chi connectivity index (χ2v) is 10.7. The maximum Gasteiger partial charge on any atom is 0.338 e. The molecule has 0 saturated carbocycles. The standard InChI is InChI=1S/C34H34N2O6S/c1-5-39-26-16-14-25(15-17-26)31-30(33(38)41-7-3)22(4)35-34-36(31)32(37)29(43-34)20-24-13-18-27(28(19-24)40-6-2)42-21-23-11-9-8-10-12-23/h8-20,31H,5-7,21H2,1-4H3/b29-20-. The van der Waals surface area contributed by atoms with Crippen LogP contribution in [0.3, 0.4) is 0 Å². The molecule has 43 heavy (non-hydrogen) atoms. The van der Waals surface area contributed by atoms with E-state index in [2.05, 4.69) is 4.99 Å². The summed E-state index contributed by atoms with van der Waals surface area (Å²) < 4.78 is 25.0. The Kier molecular flexibility index (Phi) is 9.41. The summed E-state index contributed by atoms with van der Waals surface area (Å²) in [5, 5.41) is 0. The number of hydrogen-bond acceptors (Lipinski definition) is 8. The lowest BCUT2D eigenvalue weighted by Crippen LogP contribution is -2.39. The minimum absolute atomic E-state index is 0.212. The smallest absolute Gasteiger partial charge is 0.338 e. The molecule has 5 rings (SSSR count). The average molecular weight is 599 g/mol. The van der Waals surface area contributed by atoms with E-state index in [9.17, 15) is 9.59 Å². The number of thiazole rings is 1. The van der Waals surface area contributed by atoms with Gasteiger partial charge >= 0.3 is 5.97 Å². The molecule has 0 spiro atoms. The van der Waals surface area contributed by atoms with Gasteiger partial charge in [0.15, 0.2) is 16.3 Å². The highest BCUT2D eigenvalue weighted by Crippen LogP contribution is 2.32. The van der Waals surface area contributed by atoms with Crippen LogP contribution in [0.25, 0.3) is 6.08 Å². The van der Waals surface area contributed by atoms with Crippen LogP contribution in [0.2, 0.25) is 0 Å². The fourth-order valence-corrected chi connectivity index (χ4v) is 5.96. The van der Waals surface area contributed by atoms with Gasteiger partial charge in [0.05, 0.1) is 41.7 Å². The Bertz CT molecular complexity index is 1810. The van der Waals surface area contributed by atoms with E-state index in [1.54, 1.807) is 18.4 Å². The van der Waals surface area contributed by atoms with Gasteiger partial charge in [-0.3, -0.25) is 9.36 Å². The first-order valence-corrected chi connectivity index (χ1v) is 15.1. The first-order chi connectivity index (χ1) is 20.9. The minimum atomic E-state index is -0.694. The Morgan fingerprint density at radius 1 is 0.907 bits per heavy atom. The zero-order valence-corrected chi connectivity index (χ0v) is 25.5. The predicted molar refractivity (Wildman–Crippen MR) is 166 cm³/mol. The van der Waals surface area contributed by atoms with Gasteiger partial charge in [-0.1, -0.05) is 59.9 Å². The minimum Gasteiger partial charge on any atom is -0.494 e. The normalized spacial score (nSPS) is 14.6. The van der Waals surface area contributed by atoms with Crippen molar-refractivity contribution in [3.8, 4) is 17.2 Å². The molecular formula is C34H34N2O6S. The highest BCUT2D eigenvalue weighted by atomic mass is 32.1. The molecule has 1 unspecified atom stereocenters. The highest BCUT2D eigenvalue weighted by Gasteiger charge is 2.33. The van der Waals surface area contributed by atoms with Gasteiger partial charge < -0.3 is 18.9 Å². The Morgan fingerprint density at radius 3 is 2.35 bits per heavy atom. The molecule has 1 atom stereocenters. The number of aromatic nitrogens is 1. The number of benzene rings is 3. The molecule has 0 bridgehead atoms. The molecule has 222 valence electrons. The molecule has 3 aromatic carbocycles. The van der Waals surface area contributed by atoms with Crippen molar-refractivity contribution in [3.05, 3.63) is 120 Å². The third kappa shape index (κ3) is 6.57. The number of hydrogen-bond donors (Lipinski definition) is 0. The zero-order valence-electron chi connectivity index (χ0n) is 24.7. The number of carbonyl (C=O) groups excluding carboxylic acids is 1. The third-order valence-electron chi connectivity index (χ3n) is 6.83. The topological polar surface area (TPSA) is 88.4 Å². The Morgan fingerprint density at radius 2 is 1.65 bits per heavy atom. The van der Waals surface area contributed by atoms with E-state index in [1.807, 2.05) is 92.7 Å². The molecule has 8 nitrogen and oxygen atoms in total. The second-order valence-electron chi connectivity index (χ2n) is 9.72. The van der Waals surface area contributed by atoms with Gasteiger partial charge in [0.2, 0.25) is 0 Å². The van der Waals surface area contributed by atoms with Crippen molar-refractivity contribution in [2.75, 3.05) is 19.8 Å². The molecule has 0 N–H and O–H groups in total. The summed E-state index contributed by atoms with van der Waals surface area (Å²) in [4.78, 5) is 32.3. The number of fused-ring (bicyclic) bond motifs is 1. The molecule has 0 fully saturated rings. The molecule has 4 aromatic rings. The van der Waals surface area contributed by atoms with Crippen molar-refractivity contribution in [2.45, 2.75) is 40.3 Å². The Balaban J connectivity index is 1.55. The number of esters is 1. The number of nitrogens with zero attached hydrogens (tertiary/aromatic N) is 2. The molecule has 9 heteroatoms. The molecular weight excluding hydrogens is 564 g/mol. The lowest BCUT2D eigenvalue weighted by Gasteiger charge is -2.24. The van der Waals surface area contributed by atoms with Crippen molar-refractivity contribution >= 4 is 23.4 Å². The van der Waals surface area contributed by atoms with Gasteiger partial charge in [-0.2, -0.15) is 0 Å². The van der Waals surface area contributed by atoms with Crippen molar-refractivity contribution in [1.29, 1.82) is 0 Å². The van der Waals surface area contributed by atoms with Gasteiger partial charge in [0.1, 0.15) is 12.4 Å². The van der Waals surface area contributed by atoms with Gasteiger partial charge in [-0.15, -0.1) is 0 Å². The van der Waals surface area contributed by atoms with Gasteiger partial charge in [0, 0.05) is 0 Å². The lowest BCUT2D eigenvalue weighted by atomic mass is 9.96. The van der Waals surface area contributed by atoms with E-state index in [1.165, 1.54) is 11.3 Å².